The van der Waals surface area contributed by atoms with Gasteiger partial charge in [0, 0.05) is 39.0 Å². The number of hydrogen-bond donors (Lipinski definition) is 0. The first-order valence-electron chi connectivity index (χ1n) is 10.0. The lowest BCUT2D eigenvalue weighted by atomic mass is 9.75. The van der Waals surface area contributed by atoms with Crippen LogP contribution in [0.15, 0.2) is 54.6 Å². The fourth-order valence-corrected chi connectivity index (χ4v) is 4.80. The number of ether oxygens (including phenoxy) is 1. The topological polar surface area (TPSA) is 32.8 Å². The zero-order valence-electron chi connectivity index (χ0n) is 16.3. The summed E-state index contributed by atoms with van der Waals surface area (Å²) < 4.78 is 19.3. The molecular formula is C23H27FN2O2. The molecule has 5 heteroatoms. The molecule has 148 valence electrons. The SMILES string of the molecule is CN1C(=O)CCC[C@]12CN(CCOc1ccccc1)C[C@H]2c1ccc(F)cc1. The first-order valence-corrected chi connectivity index (χ1v) is 10.0. The van der Waals surface area contributed by atoms with Gasteiger partial charge in [0.15, 0.2) is 0 Å². The predicted octanol–water partition coefficient (Wildman–Crippen LogP) is 3.69. The molecule has 1 amide bonds. The number of carbonyl (C=O) groups excluding carboxylic acids is 1. The summed E-state index contributed by atoms with van der Waals surface area (Å²) in [6.07, 6.45) is 2.51. The number of para-hydroxylation sites is 1. The quantitative estimate of drug-likeness (QED) is 0.791. The van der Waals surface area contributed by atoms with E-state index >= 15 is 0 Å². The average Bonchev–Trinajstić information content (AvgIpc) is 3.07. The highest BCUT2D eigenvalue weighted by Crippen LogP contribution is 2.45. The summed E-state index contributed by atoms with van der Waals surface area (Å²) in [4.78, 5) is 16.9. The number of carbonyl (C=O) groups is 1. The van der Waals surface area contributed by atoms with Crippen molar-refractivity contribution in [3.05, 3.63) is 66.0 Å². The van der Waals surface area contributed by atoms with E-state index in [2.05, 4.69) is 4.90 Å². The standard InChI is InChI=1S/C23H27FN2O2/c1-25-22(27)8-5-13-23(25)17-26(14-15-28-20-6-3-2-4-7-20)16-21(23)18-9-11-19(24)12-10-18/h2-4,6-7,9-12,21H,5,8,13-17H2,1H3/t21-,23+/m0/s1. The van der Waals surface area contributed by atoms with E-state index in [0.29, 0.717) is 13.0 Å². The maximum Gasteiger partial charge on any atom is 0.222 e. The number of likely N-dealkylation sites (tertiary alicyclic amines) is 2. The number of halogens is 1. The molecule has 2 aliphatic rings. The number of likely N-dealkylation sites (N-methyl/N-ethyl adjacent to an activating group) is 1. The number of rotatable bonds is 5. The van der Waals surface area contributed by atoms with E-state index in [4.69, 9.17) is 4.74 Å². The normalized spacial score (nSPS) is 25.4. The van der Waals surface area contributed by atoms with Crippen molar-refractivity contribution in [2.45, 2.75) is 30.7 Å². The highest BCUT2D eigenvalue weighted by atomic mass is 19.1. The second-order valence-corrected chi connectivity index (χ2v) is 7.91. The van der Waals surface area contributed by atoms with Crippen LogP contribution >= 0.6 is 0 Å². The van der Waals surface area contributed by atoms with E-state index in [9.17, 15) is 9.18 Å². The number of piperidine rings is 1. The van der Waals surface area contributed by atoms with Crippen molar-refractivity contribution in [1.29, 1.82) is 0 Å². The van der Waals surface area contributed by atoms with Crippen molar-refractivity contribution in [2.75, 3.05) is 33.3 Å². The second kappa shape index (κ2) is 7.92. The third kappa shape index (κ3) is 3.63. The molecular weight excluding hydrogens is 355 g/mol. The van der Waals surface area contributed by atoms with E-state index < -0.39 is 0 Å². The van der Waals surface area contributed by atoms with Crippen LogP contribution in [-0.2, 0) is 4.79 Å². The zero-order chi connectivity index (χ0) is 19.6. The highest BCUT2D eigenvalue weighted by Gasteiger charge is 2.52. The van der Waals surface area contributed by atoms with Crippen LogP contribution in [0.4, 0.5) is 4.39 Å². The van der Waals surface area contributed by atoms with Gasteiger partial charge in [0.1, 0.15) is 18.2 Å². The summed E-state index contributed by atoms with van der Waals surface area (Å²) in [7, 11) is 1.93. The second-order valence-electron chi connectivity index (χ2n) is 7.91. The van der Waals surface area contributed by atoms with Gasteiger partial charge in [-0.25, -0.2) is 4.39 Å². The average molecular weight is 382 g/mol. The van der Waals surface area contributed by atoms with Crippen molar-refractivity contribution in [1.82, 2.24) is 9.80 Å². The highest BCUT2D eigenvalue weighted by molar-refractivity contribution is 5.78. The Labute approximate surface area is 165 Å². The van der Waals surface area contributed by atoms with Gasteiger partial charge in [0.2, 0.25) is 5.91 Å². The van der Waals surface area contributed by atoms with E-state index in [1.54, 1.807) is 0 Å². The number of hydrogen-bond acceptors (Lipinski definition) is 3. The molecule has 0 unspecified atom stereocenters. The van der Waals surface area contributed by atoms with Crippen LogP contribution in [0.1, 0.15) is 30.7 Å². The first-order chi connectivity index (χ1) is 13.6. The van der Waals surface area contributed by atoms with Gasteiger partial charge in [-0.15, -0.1) is 0 Å². The third-order valence-electron chi connectivity index (χ3n) is 6.32. The molecule has 0 saturated carbocycles. The molecule has 4 nitrogen and oxygen atoms in total. The summed E-state index contributed by atoms with van der Waals surface area (Å²) in [5.41, 5.74) is 0.884. The fraction of sp³-hybridized carbons (Fsp3) is 0.435. The molecule has 0 aliphatic carbocycles. The van der Waals surface area contributed by atoms with Gasteiger partial charge in [-0.05, 0) is 42.7 Å². The first kappa shape index (κ1) is 18.9. The zero-order valence-corrected chi connectivity index (χ0v) is 16.3. The van der Waals surface area contributed by atoms with Crippen LogP contribution in [0.3, 0.4) is 0 Å². The van der Waals surface area contributed by atoms with Crippen molar-refractivity contribution >= 4 is 5.91 Å². The molecule has 2 aromatic rings. The van der Waals surface area contributed by atoms with E-state index in [1.165, 1.54) is 12.1 Å². The Morgan fingerprint density at radius 1 is 1.14 bits per heavy atom. The number of amides is 1. The van der Waals surface area contributed by atoms with E-state index in [0.717, 1.165) is 43.8 Å². The molecule has 0 radical (unpaired) electrons. The van der Waals surface area contributed by atoms with Crippen LogP contribution in [0.25, 0.3) is 0 Å². The van der Waals surface area contributed by atoms with Crippen LogP contribution in [0.2, 0.25) is 0 Å². The lowest BCUT2D eigenvalue weighted by Crippen LogP contribution is -2.56. The molecule has 2 heterocycles. The largest absolute Gasteiger partial charge is 0.492 e. The minimum Gasteiger partial charge on any atom is -0.492 e. The molecule has 2 aliphatic heterocycles. The monoisotopic (exact) mass is 382 g/mol. The molecule has 0 aromatic heterocycles. The number of nitrogens with zero attached hydrogens (tertiary/aromatic N) is 2. The van der Waals surface area contributed by atoms with Crippen LogP contribution in [0, 0.1) is 5.82 Å². The van der Waals surface area contributed by atoms with Crippen LogP contribution in [0.5, 0.6) is 5.75 Å². The molecule has 4 rings (SSSR count). The van der Waals surface area contributed by atoms with Crippen molar-refractivity contribution in [3.8, 4) is 5.75 Å². The van der Waals surface area contributed by atoms with Gasteiger partial charge in [-0.1, -0.05) is 30.3 Å². The van der Waals surface area contributed by atoms with E-state index in [-0.39, 0.29) is 23.2 Å². The Balaban J connectivity index is 1.51. The Morgan fingerprint density at radius 2 is 1.89 bits per heavy atom. The van der Waals surface area contributed by atoms with Gasteiger partial charge in [-0.2, -0.15) is 0 Å². The van der Waals surface area contributed by atoms with Gasteiger partial charge >= 0.3 is 0 Å². The molecule has 2 aromatic carbocycles. The Kier molecular flexibility index (Phi) is 5.36. The Hall–Kier alpha value is -2.40. The molecule has 0 bridgehead atoms. The van der Waals surface area contributed by atoms with Crippen LogP contribution in [-0.4, -0.2) is 54.5 Å². The minimum atomic E-state index is -0.225. The smallest absolute Gasteiger partial charge is 0.222 e. The summed E-state index contributed by atoms with van der Waals surface area (Å²) in [6, 6.07) is 16.6. The van der Waals surface area contributed by atoms with Crippen molar-refractivity contribution < 1.29 is 13.9 Å². The Morgan fingerprint density at radius 3 is 2.64 bits per heavy atom. The molecule has 28 heavy (non-hydrogen) atoms. The Bertz CT molecular complexity index is 811. The molecule has 2 fully saturated rings. The summed E-state index contributed by atoms with van der Waals surface area (Å²) >= 11 is 0. The lowest BCUT2D eigenvalue weighted by Gasteiger charge is -2.46. The minimum absolute atomic E-state index is 0.180. The van der Waals surface area contributed by atoms with Gasteiger partial charge in [0.25, 0.3) is 0 Å². The lowest BCUT2D eigenvalue weighted by molar-refractivity contribution is -0.139. The third-order valence-corrected chi connectivity index (χ3v) is 6.32. The molecule has 0 N–H and O–H groups in total. The summed E-state index contributed by atoms with van der Waals surface area (Å²) in [6.45, 7) is 3.08. The van der Waals surface area contributed by atoms with Gasteiger partial charge in [0.05, 0.1) is 5.54 Å². The molecule has 1 spiro atoms. The number of benzene rings is 2. The molecule has 2 saturated heterocycles. The predicted molar refractivity (Wildman–Crippen MR) is 107 cm³/mol. The maximum atomic E-state index is 13.5. The summed E-state index contributed by atoms with van der Waals surface area (Å²) in [5, 5.41) is 0. The van der Waals surface area contributed by atoms with Crippen molar-refractivity contribution in [2.24, 2.45) is 0 Å². The molecule has 2 atom stereocenters. The van der Waals surface area contributed by atoms with Gasteiger partial charge in [-0.3, -0.25) is 9.69 Å². The fourth-order valence-electron chi connectivity index (χ4n) is 4.80. The van der Waals surface area contributed by atoms with E-state index in [1.807, 2.05) is 54.4 Å². The van der Waals surface area contributed by atoms with Gasteiger partial charge < -0.3 is 9.64 Å². The summed E-state index contributed by atoms with van der Waals surface area (Å²) in [5.74, 6) is 1.04. The van der Waals surface area contributed by atoms with Crippen LogP contribution < -0.4 is 4.74 Å². The maximum absolute atomic E-state index is 13.5. The van der Waals surface area contributed by atoms with Crippen molar-refractivity contribution in [3.63, 3.8) is 0 Å².